The van der Waals surface area contributed by atoms with Crippen LogP contribution >= 0.6 is 11.3 Å². The summed E-state index contributed by atoms with van der Waals surface area (Å²) in [6.07, 6.45) is 2.35. The number of carbonyl (C=O) groups excluding carboxylic acids is 1. The zero-order chi connectivity index (χ0) is 16.3. The van der Waals surface area contributed by atoms with Crippen LogP contribution in [0.25, 0.3) is 10.1 Å². The van der Waals surface area contributed by atoms with Crippen molar-refractivity contribution in [2.24, 2.45) is 0 Å². The maximum absolute atomic E-state index is 13.9. The number of carbonyl (C=O) groups is 2. The molecule has 2 rings (SSSR count). The highest BCUT2D eigenvalue weighted by Gasteiger charge is 2.23. The number of allylic oxidation sites excluding steroid dienone is 1. The van der Waals surface area contributed by atoms with Crippen LogP contribution in [-0.4, -0.2) is 23.0 Å². The number of amides is 1. The van der Waals surface area contributed by atoms with E-state index in [1.807, 2.05) is 0 Å². The summed E-state index contributed by atoms with van der Waals surface area (Å²) in [7, 11) is 0. The van der Waals surface area contributed by atoms with Gasteiger partial charge in [0.2, 0.25) is 0 Å². The maximum atomic E-state index is 13.9. The van der Waals surface area contributed by atoms with Gasteiger partial charge in [-0.25, -0.2) is 9.18 Å². The number of halogens is 1. The SMILES string of the molecule is C=CCCC(NC(=O)c1sc2cccc(F)c2c1C)C(=O)O. The van der Waals surface area contributed by atoms with E-state index in [4.69, 9.17) is 5.11 Å². The summed E-state index contributed by atoms with van der Waals surface area (Å²) < 4.78 is 14.5. The molecule has 0 aliphatic carbocycles. The fraction of sp³-hybridized carbons (Fsp3) is 0.250. The van der Waals surface area contributed by atoms with Gasteiger partial charge in [-0.2, -0.15) is 0 Å². The van der Waals surface area contributed by atoms with Crippen molar-refractivity contribution in [3.63, 3.8) is 0 Å². The molecule has 4 nitrogen and oxygen atoms in total. The Bertz CT molecular complexity index is 738. The van der Waals surface area contributed by atoms with Gasteiger partial charge in [-0.15, -0.1) is 17.9 Å². The van der Waals surface area contributed by atoms with Crippen LogP contribution in [0, 0.1) is 12.7 Å². The second kappa shape index (κ2) is 6.70. The van der Waals surface area contributed by atoms with Crippen molar-refractivity contribution in [1.82, 2.24) is 5.32 Å². The first-order valence-electron chi connectivity index (χ1n) is 6.78. The molecule has 1 amide bonds. The Hall–Kier alpha value is -2.21. The quantitative estimate of drug-likeness (QED) is 0.800. The molecule has 1 heterocycles. The summed E-state index contributed by atoms with van der Waals surface area (Å²) in [5.41, 5.74) is 0.531. The Balaban J connectivity index is 2.29. The molecule has 0 bridgehead atoms. The van der Waals surface area contributed by atoms with Crippen molar-refractivity contribution in [2.45, 2.75) is 25.8 Å². The van der Waals surface area contributed by atoms with Crippen LogP contribution in [0.15, 0.2) is 30.9 Å². The Labute approximate surface area is 131 Å². The number of carboxylic acids is 1. The van der Waals surface area contributed by atoms with E-state index < -0.39 is 17.9 Å². The first kappa shape index (κ1) is 16.2. The summed E-state index contributed by atoms with van der Waals surface area (Å²) in [6.45, 7) is 5.20. The van der Waals surface area contributed by atoms with Crippen LogP contribution in [0.4, 0.5) is 4.39 Å². The number of hydrogen-bond donors (Lipinski definition) is 2. The number of fused-ring (bicyclic) bond motifs is 1. The van der Waals surface area contributed by atoms with Gasteiger partial charge in [-0.3, -0.25) is 4.79 Å². The molecule has 0 spiro atoms. The molecule has 0 aliphatic rings. The first-order chi connectivity index (χ1) is 10.5. The molecule has 0 fully saturated rings. The van der Waals surface area contributed by atoms with Crippen molar-refractivity contribution < 1.29 is 19.1 Å². The highest BCUT2D eigenvalue weighted by atomic mass is 32.1. The second-order valence-electron chi connectivity index (χ2n) is 4.90. The lowest BCUT2D eigenvalue weighted by Crippen LogP contribution is -2.40. The molecule has 0 radical (unpaired) electrons. The number of benzene rings is 1. The number of thiophene rings is 1. The second-order valence-corrected chi connectivity index (χ2v) is 5.95. The fourth-order valence-electron chi connectivity index (χ4n) is 2.24. The molecular weight excluding hydrogens is 305 g/mol. The van der Waals surface area contributed by atoms with E-state index >= 15 is 0 Å². The highest BCUT2D eigenvalue weighted by molar-refractivity contribution is 7.21. The normalized spacial score (nSPS) is 12.1. The van der Waals surface area contributed by atoms with Gasteiger partial charge in [0.25, 0.3) is 5.91 Å². The van der Waals surface area contributed by atoms with Gasteiger partial charge >= 0.3 is 5.97 Å². The molecule has 2 aromatic rings. The standard InChI is InChI=1S/C16H16FNO3S/c1-3-4-7-11(16(20)21)18-15(19)14-9(2)13-10(17)6-5-8-12(13)22-14/h3,5-6,8,11H,1,4,7H2,2H3,(H,18,19)(H,20,21). The average molecular weight is 321 g/mol. The van der Waals surface area contributed by atoms with Crippen molar-refractivity contribution in [3.8, 4) is 0 Å². The van der Waals surface area contributed by atoms with Gasteiger partial charge in [0.1, 0.15) is 11.9 Å². The zero-order valence-corrected chi connectivity index (χ0v) is 12.9. The van der Waals surface area contributed by atoms with E-state index in [2.05, 4.69) is 11.9 Å². The third-order valence-electron chi connectivity index (χ3n) is 3.37. The molecule has 22 heavy (non-hydrogen) atoms. The van der Waals surface area contributed by atoms with Gasteiger partial charge in [-0.05, 0) is 37.5 Å². The van der Waals surface area contributed by atoms with Gasteiger partial charge in [0, 0.05) is 10.1 Å². The van der Waals surface area contributed by atoms with E-state index in [1.165, 1.54) is 6.07 Å². The van der Waals surface area contributed by atoms with E-state index in [-0.39, 0.29) is 12.2 Å². The molecule has 0 saturated carbocycles. The van der Waals surface area contributed by atoms with Crippen LogP contribution < -0.4 is 5.32 Å². The van der Waals surface area contributed by atoms with Crippen LogP contribution in [0.1, 0.15) is 28.1 Å². The molecular formula is C16H16FNO3S. The van der Waals surface area contributed by atoms with Crippen molar-refractivity contribution in [1.29, 1.82) is 0 Å². The summed E-state index contributed by atoms with van der Waals surface area (Å²) >= 11 is 1.16. The minimum absolute atomic E-state index is 0.267. The largest absolute Gasteiger partial charge is 0.480 e. The molecule has 2 N–H and O–H groups in total. The van der Waals surface area contributed by atoms with Gasteiger partial charge in [-0.1, -0.05) is 12.1 Å². The summed E-state index contributed by atoms with van der Waals surface area (Å²) in [5.74, 6) is -1.97. The van der Waals surface area contributed by atoms with Crippen LogP contribution in [0.2, 0.25) is 0 Å². The van der Waals surface area contributed by atoms with Crippen LogP contribution in [-0.2, 0) is 4.79 Å². The minimum Gasteiger partial charge on any atom is -0.480 e. The van der Waals surface area contributed by atoms with E-state index in [1.54, 1.807) is 25.1 Å². The Morgan fingerprint density at radius 2 is 2.23 bits per heavy atom. The predicted octanol–water partition coefficient (Wildman–Crippen LogP) is 3.50. The van der Waals surface area contributed by atoms with E-state index in [9.17, 15) is 14.0 Å². The van der Waals surface area contributed by atoms with Gasteiger partial charge in [0.05, 0.1) is 4.88 Å². The summed E-state index contributed by atoms with van der Waals surface area (Å²) in [5, 5.41) is 12.0. The summed E-state index contributed by atoms with van der Waals surface area (Å²) in [6, 6.07) is 3.67. The molecule has 6 heteroatoms. The third kappa shape index (κ3) is 3.17. The Kier molecular flexibility index (Phi) is 4.92. The lowest BCUT2D eigenvalue weighted by molar-refractivity contribution is -0.139. The topological polar surface area (TPSA) is 66.4 Å². The molecule has 1 aromatic heterocycles. The Morgan fingerprint density at radius 3 is 2.82 bits per heavy atom. The van der Waals surface area contributed by atoms with E-state index in [0.29, 0.717) is 26.9 Å². The number of aliphatic carboxylic acids is 1. The number of carboxylic acid groups (broad SMARTS) is 1. The summed E-state index contributed by atoms with van der Waals surface area (Å²) in [4.78, 5) is 23.8. The molecule has 0 saturated heterocycles. The number of nitrogens with one attached hydrogen (secondary N) is 1. The first-order valence-corrected chi connectivity index (χ1v) is 7.59. The number of rotatable bonds is 6. The molecule has 1 aromatic carbocycles. The fourth-order valence-corrected chi connectivity index (χ4v) is 3.36. The zero-order valence-electron chi connectivity index (χ0n) is 12.1. The van der Waals surface area contributed by atoms with Gasteiger partial charge in [0.15, 0.2) is 0 Å². The molecule has 1 unspecified atom stereocenters. The lowest BCUT2D eigenvalue weighted by atomic mass is 10.1. The average Bonchev–Trinajstić information content (AvgIpc) is 2.81. The maximum Gasteiger partial charge on any atom is 0.326 e. The van der Waals surface area contributed by atoms with Gasteiger partial charge < -0.3 is 10.4 Å². The lowest BCUT2D eigenvalue weighted by Gasteiger charge is -2.13. The molecule has 1 atom stereocenters. The van der Waals surface area contributed by atoms with Crippen molar-refractivity contribution in [2.75, 3.05) is 0 Å². The van der Waals surface area contributed by atoms with E-state index in [0.717, 1.165) is 11.3 Å². The smallest absolute Gasteiger partial charge is 0.326 e. The number of aryl methyl sites for hydroxylation is 1. The third-order valence-corrected chi connectivity index (χ3v) is 4.63. The highest BCUT2D eigenvalue weighted by Crippen LogP contribution is 2.32. The predicted molar refractivity (Wildman–Crippen MR) is 84.8 cm³/mol. The molecule has 116 valence electrons. The molecule has 0 aliphatic heterocycles. The van der Waals surface area contributed by atoms with Crippen LogP contribution in [0.3, 0.4) is 0 Å². The number of hydrogen-bond acceptors (Lipinski definition) is 3. The minimum atomic E-state index is -1.10. The Morgan fingerprint density at radius 1 is 1.50 bits per heavy atom. The van der Waals surface area contributed by atoms with Crippen molar-refractivity contribution >= 4 is 33.3 Å². The van der Waals surface area contributed by atoms with Crippen molar-refractivity contribution in [3.05, 3.63) is 47.1 Å². The van der Waals surface area contributed by atoms with Crippen LogP contribution in [0.5, 0.6) is 0 Å². The monoisotopic (exact) mass is 321 g/mol.